The number of rotatable bonds is 4. The molecule has 0 atom stereocenters. The number of benzene rings is 6. The number of carbonyl (C=O) groups excluding carboxylic acids is 4. The van der Waals surface area contributed by atoms with Crippen LogP contribution in [0.4, 0.5) is 5.69 Å². The molecular weight excluding hydrogens is 610 g/mol. The van der Waals surface area contributed by atoms with Crippen molar-refractivity contribution in [3.05, 3.63) is 136 Å². The van der Waals surface area contributed by atoms with Gasteiger partial charge in [-0.15, -0.1) is 0 Å². The first-order valence-electron chi connectivity index (χ1n) is 14.8. The van der Waals surface area contributed by atoms with Crippen molar-refractivity contribution in [1.82, 2.24) is 9.38 Å². The van der Waals surface area contributed by atoms with Gasteiger partial charge >= 0.3 is 0 Å². The number of imide groups is 1. The van der Waals surface area contributed by atoms with Crippen molar-refractivity contribution in [1.29, 1.82) is 0 Å². The van der Waals surface area contributed by atoms with Gasteiger partial charge in [0.15, 0.2) is 0 Å². The smallest absolute Gasteiger partial charge is 0.265 e. The van der Waals surface area contributed by atoms with Crippen molar-refractivity contribution in [2.24, 2.45) is 0 Å². The lowest BCUT2D eigenvalue weighted by Gasteiger charge is -2.29. The van der Waals surface area contributed by atoms with Crippen LogP contribution in [-0.2, 0) is 0 Å². The summed E-state index contributed by atoms with van der Waals surface area (Å²) in [5, 5.41) is 26.5. The van der Waals surface area contributed by atoms with Crippen LogP contribution in [0.25, 0.3) is 60.1 Å². The van der Waals surface area contributed by atoms with Gasteiger partial charge < -0.3 is 19.8 Å². The Morgan fingerprint density at radius 2 is 1.08 bits per heavy atom. The monoisotopic (exact) mass is 627 g/mol. The Morgan fingerprint density at radius 3 is 1.77 bits per heavy atom. The fourth-order valence-electron chi connectivity index (χ4n) is 7.18. The molecule has 2 amide bonds. The summed E-state index contributed by atoms with van der Waals surface area (Å²) >= 11 is 0. The van der Waals surface area contributed by atoms with E-state index in [2.05, 4.69) is 0 Å². The Morgan fingerprint density at radius 1 is 0.542 bits per heavy atom. The first kappa shape index (κ1) is 27.4. The summed E-state index contributed by atoms with van der Waals surface area (Å²) in [7, 11) is 0. The Balaban J connectivity index is 1.42. The van der Waals surface area contributed by atoms with E-state index in [1.54, 1.807) is 72.8 Å². The molecule has 0 saturated heterocycles. The molecule has 0 radical (unpaired) electrons. The van der Waals surface area contributed by atoms with Crippen LogP contribution in [-0.4, -0.2) is 33.1 Å². The number of para-hydroxylation sites is 3. The number of anilines is 1. The van der Waals surface area contributed by atoms with Gasteiger partial charge in [-0.2, -0.15) is 0 Å². The zero-order valence-electron chi connectivity index (χ0n) is 24.5. The standard InChI is InChI=1S/C38H19N3O7/c42-34-23-14-11-20(30-26(38(47)48)17-15-24(32(23)30)35(43)40(34)18-6-2-1-3-7-18)19-10-13-22-31-21(12-16-25(29(19)31)37(45)46)33-39-27-8-4-5-9-28(27)41(33)36(22)44/h1-17H,(H,45,46)(H,47,48)/p-2. The highest BCUT2D eigenvalue weighted by atomic mass is 16.4. The maximum atomic E-state index is 14.0. The van der Waals surface area contributed by atoms with E-state index in [9.17, 15) is 34.2 Å². The number of aromatic carboxylic acids is 2. The van der Waals surface area contributed by atoms with Gasteiger partial charge in [-0.25, -0.2) is 9.88 Å². The molecule has 0 saturated carbocycles. The van der Waals surface area contributed by atoms with Crippen LogP contribution < -0.4 is 20.7 Å². The number of imidazole rings is 1. The molecule has 0 bridgehead atoms. The molecule has 1 aliphatic rings. The number of hydrogen-bond acceptors (Lipinski definition) is 8. The summed E-state index contributed by atoms with van der Waals surface area (Å²) < 4.78 is 1.48. The van der Waals surface area contributed by atoms with Gasteiger partial charge in [-0.1, -0.05) is 54.6 Å². The van der Waals surface area contributed by atoms with Gasteiger partial charge in [0, 0.05) is 54.6 Å². The molecule has 9 rings (SSSR count). The van der Waals surface area contributed by atoms with Gasteiger partial charge in [0.05, 0.1) is 28.7 Å². The minimum atomic E-state index is -1.56. The summed E-state index contributed by atoms with van der Waals surface area (Å²) in [5.41, 5.74) is 1.53. The number of amides is 2. The van der Waals surface area contributed by atoms with Crippen LogP contribution in [0.15, 0.2) is 108 Å². The van der Waals surface area contributed by atoms with E-state index in [0.29, 0.717) is 33.1 Å². The second-order valence-electron chi connectivity index (χ2n) is 11.6. The maximum Gasteiger partial charge on any atom is 0.265 e. The minimum absolute atomic E-state index is 0.0267. The van der Waals surface area contributed by atoms with E-state index in [1.165, 1.54) is 34.7 Å². The number of fused-ring (bicyclic) bond motifs is 4. The molecule has 10 nitrogen and oxygen atoms in total. The van der Waals surface area contributed by atoms with Crippen molar-refractivity contribution in [2.75, 3.05) is 4.90 Å². The lowest BCUT2D eigenvalue weighted by molar-refractivity contribution is -0.256. The lowest BCUT2D eigenvalue weighted by Crippen LogP contribution is -2.40. The second-order valence-corrected chi connectivity index (χ2v) is 11.6. The Labute approximate surface area is 268 Å². The first-order chi connectivity index (χ1) is 23.3. The van der Waals surface area contributed by atoms with E-state index < -0.39 is 29.3 Å². The molecule has 1 aliphatic heterocycles. The molecule has 2 aromatic heterocycles. The van der Waals surface area contributed by atoms with Crippen LogP contribution in [0.5, 0.6) is 0 Å². The first-order valence-corrected chi connectivity index (χ1v) is 14.8. The van der Waals surface area contributed by atoms with Crippen molar-refractivity contribution in [3.63, 3.8) is 0 Å². The summed E-state index contributed by atoms with van der Waals surface area (Å²) in [6, 6.07) is 27.1. The van der Waals surface area contributed by atoms with Crippen LogP contribution in [0.2, 0.25) is 0 Å². The van der Waals surface area contributed by atoms with E-state index in [4.69, 9.17) is 4.98 Å². The summed E-state index contributed by atoms with van der Waals surface area (Å²) in [6.45, 7) is 0. The molecule has 0 fully saturated rings. The molecular formula is C38H17N3O7-2. The highest BCUT2D eigenvalue weighted by Crippen LogP contribution is 2.44. The number of aromatic nitrogens is 2. The van der Waals surface area contributed by atoms with Gasteiger partial charge in [-0.05, 0) is 59.7 Å². The number of carboxylic acids is 2. The molecule has 228 valence electrons. The van der Waals surface area contributed by atoms with E-state index in [1.807, 2.05) is 0 Å². The third-order valence-corrected chi connectivity index (χ3v) is 9.17. The molecule has 8 aromatic rings. The van der Waals surface area contributed by atoms with Crippen LogP contribution in [0, 0.1) is 0 Å². The van der Waals surface area contributed by atoms with E-state index in [0.717, 1.165) is 4.90 Å². The summed E-state index contributed by atoms with van der Waals surface area (Å²) in [4.78, 5) is 72.7. The Hall–Kier alpha value is -6.94. The fourth-order valence-corrected chi connectivity index (χ4v) is 7.18. The number of pyridine rings is 1. The number of carbonyl (C=O) groups is 4. The van der Waals surface area contributed by atoms with Gasteiger partial charge in [0.1, 0.15) is 5.65 Å². The maximum absolute atomic E-state index is 14.0. The zero-order chi connectivity index (χ0) is 33.0. The normalized spacial score (nSPS) is 13.0. The minimum Gasteiger partial charge on any atom is -0.545 e. The highest BCUT2D eigenvalue weighted by Gasteiger charge is 2.35. The van der Waals surface area contributed by atoms with E-state index >= 15 is 0 Å². The van der Waals surface area contributed by atoms with Crippen LogP contribution in [0.1, 0.15) is 41.4 Å². The molecule has 0 unspecified atom stereocenters. The SMILES string of the molecule is O=C([O-])c1ccc2c3c(ccc(-c4ccc5c(=O)n6c7ccccc7nc6c6ccc(C(=O)[O-])c4c56)c13)C(=O)N(c1ccccc1)C2=O. The topological polar surface area (TPSA) is 152 Å². The van der Waals surface area contributed by atoms with Crippen LogP contribution in [0.3, 0.4) is 0 Å². The largest absolute Gasteiger partial charge is 0.545 e. The van der Waals surface area contributed by atoms with Crippen molar-refractivity contribution in [3.8, 4) is 11.1 Å². The Kier molecular flexibility index (Phi) is 5.44. The number of nitrogens with zero attached hydrogens (tertiary/aromatic N) is 3. The molecule has 3 heterocycles. The van der Waals surface area contributed by atoms with Crippen molar-refractivity contribution < 1.29 is 29.4 Å². The quantitative estimate of drug-likeness (QED) is 0.266. The van der Waals surface area contributed by atoms with Crippen LogP contribution >= 0.6 is 0 Å². The number of carboxylic acid groups (broad SMARTS) is 2. The van der Waals surface area contributed by atoms with Crippen molar-refractivity contribution >= 4 is 78.4 Å². The summed E-state index contributed by atoms with van der Waals surface area (Å²) in [6.07, 6.45) is 0. The average molecular weight is 628 g/mol. The second kappa shape index (κ2) is 9.54. The third kappa shape index (κ3) is 3.45. The fraction of sp³-hybridized carbons (Fsp3) is 0. The molecule has 10 heteroatoms. The Bertz CT molecular complexity index is 2840. The van der Waals surface area contributed by atoms with Gasteiger partial charge in [0.25, 0.3) is 17.4 Å². The van der Waals surface area contributed by atoms with Crippen molar-refractivity contribution in [2.45, 2.75) is 0 Å². The molecule has 0 aliphatic carbocycles. The average Bonchev–Trinajstić information content (AvgIpc) is 3.49. The van der Waals surface area contributed by atoms with Gasteiger partial charge in [0.2, 0.25) is 0 Å². The number of hydrogen-bond donors (Lipinski definition) is 0. The molecule has 0 spiro atoms. The third-order valence-electron chi connectivity index (χ3n) is 9.17. The molecule has 6 aromatic carbocycles. The van der Waals surface area contributed by atoms with E-state index in [-0.39, 0.29) is 54.9 Å². The molecule has 48 heavy (non-hydrogen) atoms. The zero-order valence-corrected chi connectivity index (χ0v) is 24.5. The predicted octanol–water partition coefficient (Wildman–Crippen LogP) is 3.94. The predicted molar refractivity (Wildman–Crippen MR) is 174 cm³/mol. The summed E-state index contributed by atoms with van der Waals surface area (Å²) in [5.74, 6) is -4.37. The molecule has 0 N–H and O–H groups in total. The highest BCUT2D eigenvalue weighted by molar-refractivity contribution is 6.38. The van der Waals surface area contributed by atoms with Gasteiger partial charge in [-0.3, -0.25) is 18.8 Å². The lowest BCUT2D eigenvalue weighted by atomic mass is 9.83.